The molecular formula is C12H18O4. The van der Waals surface area contributed by atoms with E-state index in [4.69, 9.17) is 5.11 Å². The van der Waals surface area contributed by atoms with Crippen LogP contribution in [0.2, 0.25) is 0 Å². The van der Waals surface area contributed by atoms with E-state index in [0.717, 1.165) is 19.3 Å². The van der Waals surface area contributed by atoms with Crippen molar-refractivity contribution >= 4 is 17.5 Å². The van der Waals surface area contributed by atoms with Gasteiger partial charge in [-0.05, 0) is 6.42 Å². The lowest BCUT2D eigenvalue weighted by molar-refractivity contribution is -0.150. The highest BCUT2D eigenvalue weighted by molar-refractivity contribution is 6.07. The summed E-state index contributed by atoms with van der Waals surface area (Å²) in [4.78, 5) is 34.0. The third-order valence-corrected chi connectivity index (χ3v) is 3.12. The Morgan fingerprint density at radius 3 is 2.25 bits per heavy atom. The van der Waals surface area contributed by atoms with Gasteiger partial charge < -0.3 is 5.11 Å². The molecule has 0 aliphatic heterocycles. The molecule has 16 heavy (non-hydrogen) atoms. The number of hydrogen-bond acceptors (Lipinski definition) is 3. The molecular weight excluding hydrogens is 208 g/mol. The van der Waals surface area contributed by atoms with Gasteiger partial charge in [0.1, 0.15) is 11.6 Å². The summed E-state index contributed by atoms with van der Waals surface area (Å²) in [6.07, 6.45) is 3.58. The topological polar surface area (TPSA) is 71.4 Å². The quantitative estimate of drug-likeness (QED) is 0.573. The monoisotopic (exact) mass is 226 g/mol. The Balaban J connectivity index is 2.52. The number of carbonyl (C=O) groups is 3. The number of carbonyl (C=O) groups excluding carboxylic acids is 2. The first-order chi connectivity index (χ1) is 7.56. The summed E-state index contributed by atoms with van der Waals surface area (Å²) in [6, 6.07) is 0. The van der Waals surface area contributed by atoms with Gasteiger partial charge in [0.15, 0.2) is 0 Å². The Hall–Kier alpha value is -1.19. The molecule has 0 radical (unpaired) electrons. The van der Waals surface area contributed by atoms with Gasteiger partial charge in [-0.3, -0.25) is 14.4 Å². The van der Waals surface area contributed by atoms with E-state index in [1.54, 1.807) is 0 Å². The lowest BCUT2D eigenvalue weighted by Gasteiger charge is -2.23. The van der Waals surface area contributed by atoms with Crippen LogP contribution >= 0.6 is 0 Å². The van der Waals surface area contributed by atoms with Gasteiger partial charge >= 0.3 is 5.97 Å². The molecule has 0 bridgehead atoms. The van der Waals surface area contributed by atoms with Gasteiger partial charge in [-0.15, -0.1) is 0 Å². The Morgan fingerprint density at radius 2 is 1.81 bits per heavy atom. The number of carboxylic acid groups (broad SMARTS) is 1. The number of rotatable bonds is 5. The molecule has 4 heteroatoms. The van der Waals surface area contributed by atoms with Crippen LogP contribution in [-0.2, 0) is 14.4 Å². The average Bonchev–Trinajstić information content (AvgIpc) is 2.21. The minimum absolute atomic E-state index is 0.0257. The maximum atomic E-state index is 11.6. The first kappa shape index (κ1) is 12.9. The Labute approximate surface area is 95.0 Å². The zero-order chi connectivity index (χ0) is 12.1. The van der Waals surface area contributed by atoms with Crippen LogP contribution in [0.3, 0.4) is 0 Å². The van der Waals surface area contributed by atoms with Crippen LogP contribution in [0.1, 0.15) is 45.4 Å². The van der Waals surface area contributed by atoms with Crippen LogP contribution < -0.4 is 0 Å². The zero-order valence-corrected chi connectivity index (χ0v) is 9.57. The third-order valence-electron chi connectivity index (χ3n) is 3.12. The summed E-state index contributed by atoms with van der Waals surface area (Å²) in [6.45, 7) is 2.06. The van der Waals surface area contributed by atoms with Crippen molar-refractivity contribution in [3.8, 4) is 0 Å². The molecule has 0 aromatic rings. The molecule has 0 aromatic carbocycles. The molecule has 0 unspecified atom stereocenters. The van der Waals surface area contributed by atoms with Gasteiger partial charge in [-0.25, -0.2) is 0 Å². The van der Waals surface area contributed by atoms with Crippen LogP contribution in [0.5, 0.6) is 0 Å². The number of carboxylic acids is 1. The molecule has 0 atom stereocenters. The molecule has 1 fully saturated rings. The fourth-order valence-corrected chi connectivity index (χ4v) is 2.12. The molecule has 0 spiro atoms. The van der Waals surface area contributed by atoms with Crippen molar-refractivity contribution in [2.45, 2.75) is 45.4 Å². The number of Topliss-reactive ketones (excluding diaryl/α,β-unsaturated/α-hetero) is 2. The fraction of sp³-hybridized carbons (Fsp3) is 0.750. The van der Waals surface area contributed by atoms with Crippen LogP contribution in [0.25, 0.3) is 0 Å². The zero-order valence-electron chi connectivity index (χ0n) is 9.57. The molecule has 1 N–H and O–H groups in total. The van der Waals surface area contributed by atoms with Crippen molar-refractivity contribution < 1.29 is 19.5 Å². The van der Waals surface area contributed by atoms with Gasteiger partial charge in [-0.1, -0.05) is 26.2 Å². The number of ketones is 2. The van der Waals surface area contributed by atoms with Crippen LogP contribution in [0.4, 0.5) is 0 Å². The lowest BCUT2D eigenvalue weighted by Crippen LogP contribution is -2.36. The molecule has 1 saturated carbocycles. The Bertz CT molecular complexity index is 277. The SMILES string of the molecule is CCCCCC1C(=O)CC(C(=O)O)CC1=O. The first-order valence-corrected chi connectivity index (χ1v) is 5.84. The van der Waals surface area contributed by atoms with E-state index in [9.17, 15) is 14.4 Å². The fourth-order valence-electron chi connectivity index (χ4n) is 2.12. The molecule has 90 valence electrons. The van der Waals surface area contributed by atoms with E-state index in [-0.39, 0.29) is 24.4 Å². The van der Waals surface area contributed by atoms with Gasteiger partial charge in [-0.2, -0.15) is 0 Å². The number of hydrogen-bond donors (Lipinski definition) is 1. The summed E-state index contributed by atoms with van der Waals surface area (Å²) in [5.41, 5.74) is 0. The highest BCUT2D eigenvalue weighted by Gasteiger charge is 2.37. The van der Waals surface area contributed by atoms with E-state index in [1.807, 2.05) is 0 Å². The number of unbranched alkanes of at least 4 members (excludes halogenated alkanes) is 2. The summed E-state index contributed by atoms with van der Waals surface area (Å²) in [5, 5.41) is 8.77. The maximum Gasteiger partial charge on any atom is 0.307 e. The minimum atomic E-state index is -1.03. The largest absolute Gasteiger partial charge is 0.481 e. The molecule has 4 nitrogen and oxygen atoms in total. The minimum Gasteiger partial charge on any atom is -0.481 e. The second-order valence-electron chi connectivity index (χ2n) is 4.42. The maximum absolute atomic E-state index is 11.6. The highest BCUT2D eigenvalue weighted by Crippen LogP contribution is 2.26. The lowest BCUT2D eigenvalue weighted by atomic mass is 9.78. The third kappa shape index (κ3) is 3.15. The van der Waals surface area contributed by atoms with Crippen molar-refractivity contribution in [3.05, 3.63) is 0 Å². The Morgan fingerprint density at radius 1 is 1.25 bits per heavy atom. The second-order valence-corrected chi connectivity index (χ2v) is 4.42. The standard InChI is InChI=1S/C12H18O4/c1-2-3-4-5-9-10(13)6-8(12(15)16)7-11(9)14/h8-9H,2-7H2,1H3,(H,15,16). The predicted octanol–water partition coefficient (Wildman–Crippen LogP) is 1.82. The molecule has 0 saturated heterocycles. The van der Waals surface area contributed by atoms with E-state index in [1.165, 1.54) is 0 Å². The van der Waals surface area contributed by atoms with Gasteiger partial charge in [0.25, 0.3) is 0 Å². The predicted molar refractivity (Wildman–Crippen MR) is 58.0 cm³/mol. The molecule has 1 aliphatic rings. The van der Waals surface area contributed by atoms with Crippen molar-refractivity contribution in [3.63, 3.8) is 0 Å². The first-order valence-electron chi connectivity index (χ1n) is 5.84. The second kappa shape index (κ2) is 5.77. The summed E-state index contributed by atoms with van der Waals surface area (Å²) in [7, 11) is 0. The van der Waals surface area contributed by atoms with Crippen LogP contribution in [0.15, 0.2) is 0 Å². The summed E-state index contributed by atoms with van der Waals surface area (Å²) >= 11 is 0. The molecule has 0 aromatic heterocycles. The van der Waals surface area contributed by atoms with Crippen molar-refractivity contribution in [1.82, 2.24) is 0 Å². The van der Waals surface area contributed by atoms with Crippen molar-refractivity contribution in [1.29, 1.82) is 0 Å². The van der Waals surface area contributed by atoms with E-state index in [2.05, 4.69) is 6.92 Å². The normalized spacial score (nSPS) is 25.8. The van der Waals surface area contributed by atoms with Crippen molar-refractivity contribution in [2.75, 3.05) is 0 Å². The van der Waals surface area contributed by atoms with Crippen LogP contribution in [0, 0.1) is 11.8 Å². The Kier molecular flexibility index (Phi) is 4.65. The number of aliphatic carboxylic acids is 1. The van der Waals surface area contributed by atoms with Gasteiger partial charge in [0.2, 0.25) is 0 Å². The molecule has 0 heterocycles. The van der Waals surface area contributed by atoms with Gasteiger partial charge in [0, 0.05) is 12.8 Å². The average molecular weight is 226 g/mol. The smallest absolute Gasteiger partial charge is 0.307 e. The molecule has 1 aliphatic carbocycles. The summed E-state index contributed by atoms with van der Waals surface area (Å²) < 4.78 is 0. The van der Waals surface area contributed by atoms with E-state index >= 15 is 0 Å². The summed E-state index contributed by atoms with van der Waals surface area (Å²) in [5.74, 6) is -2.71. The highest BCUT2D eigenvalue weighted by atomic mass is 16.4. The van der Waals surface area contributed by atoms with E-state index < -0.39 is 17.8 Å². The van der Waals surface area contributed by atoms with E-state index in [0.29, 0.717) is 6.42 Å². The van der Waals surface area contributed by atoms with Crippen molar-refractivity contribution in [2.24, 2.45) is 11.8 Å². The van der Waals surface area contributed by atoms with Gasteiger partial charge in [0.05, 0.1) is 11.8 Å². The van der Waals surface area contributed by atoms with Crippen LogP contribution in [-0.4, -0.2) is 22.6 Å². The molecule has 0 amide bonds. The molecule has 1 rings (SSSR count).